The summed E-state index contributed by atoms with van der Waals surface area (Å²) in [5.74, 6) is 0.00687. The number of hydrogen-bond acceptors (Lipinski definition) is 5. The molecule has 5 nitrogen and oxygen atoms in total. The summed E-state index contributed by atoms with van der Waals surface area (Å²) in [4.78, 5) is 0. The number of ether oxygens (including phenoxy) is 1. The quantitative estimate of drug-likeness (QED) is 0.483. The summed E-state index contributed by atoms with van der Waals surface area (Å²) in [6.45, 7) is 2.98. The van der Waals surface area contributed by atoms with Gasteiger partial charge in [-0.25, -0.2) is 0 Å². The lowest BCUT2D eigenvalue weighted by atomic mass is 9.85. The molecule has 1 heterocycles. The first-order valence-electron chi connectivity index (χ1n) is 5.21. The third kappa shape index (κ3) is 2.49. The monoisotopic (exact) mass is 220 g/mol. The van der Waals surface area contributed by atoms with E-state index in [0.29, 0.717) is 0 Å². The van der Waals surface area contributed by atoms with Crippen LogP contribution in [0.1, 0.15) is 20.3 Å². The molecule has 1 aliphatic rings. The molecule has 3 atom stereocenters. The van der Waals surface area contributed by atoms with Crippen LogP contribution < -0.4 is 0 Å². The van der Waals surface area contributed by atoms with E-state index in [9.17, 15) is 10.2 Å². The molecule has 5 heteroatoms. The topological polar surface area (TPSA) is 90.2 Å². The van der Waals surface area contributed by atoms with Crippen LogP contribution in [0.4, 0.5) is 0 Å². The summed E-state index contributed by atoms with van der Waals surface area (Å²) in [6.07, 6.45) is -2.44. The van der Waals surface area contributed by atoms with Crippen molar-refractivity contribution in [2.24, 2.45) is 5.92 Å². The van der Waals surface area contributed by atoms with Gasteiger partial charge in [-0.1, -0.05) is 13.8 Å². The van der Waals surface area contributed by atoms with Gasteiger partial charge in [0.25, 0.3) is 0 Å². The van der Waals surface area contributed by atoms with Crippen LogP contribution in [-0.4, -0.2) is 57.6 Å². The fourth-order valence-corrected chi connectivity index (χ4v) is 1.91. The zero-order valence-electron chi connectivity index (χ0n) is 9.13. The van der Waals surface area contributed by atoms with Crippen LogP contribution >= 0.6 is 0 Å². The van der Waals surface area contributed by atoms with Crippen LogP contribution in [0, 0.1) is 5.92 Å². The van der Waals surface area contributed by atoms with E-state index < -0.39 is 23.9 Å². The summed E-state index contributed by atoms with van der Waals surface area (Å²) in [5, 5.41) is 37.7. The lowest BCUT2D eigenvalue weighted by molar-refractivity contribution is -0.247. The maximum atomic E-state index is 9.69. The molecule has 0 aromatic carbocycles. The Kier molecular flexibility index (Phi) is 4.08. The summed E-state index contributed by atoms with van der Waals surface area (Å²) in [6, 6.07) is 0. The lowest BCUT2D eigenvalue weighted by Crippen LogP contribution is -2.59. The Morgan fingerprint density at radius 2 is 1.80 bits per heavy atom. The normalized spacial score (nSPS) is 35.8. The molecule has 0 amide bonds. The van der Waals surface area contributed by atoms with E-state index in [4.69, 9.17) is 14.9 Å². The first-order valence-corrected chi connectivity index (χ1v) is 5.21. The molecule has 1 rings (SSSR count). The second-order valence-corrected chi connectivity index (χ2v) is 4.59. The Morgan fingerprint density at radius 3 is 2.20 bits per heavy atom. The zero-order valence-corrected chi connectivity index (χ0v) is 9.13. The maximum Gasteiger partial charge on any atom is 0.117 e. The molecule has 0 bridgehead atoms. The molecule has 1 saturated heterocycles. The van der Waals surface area contributed by atoms with Crippen molar-refractivity contribution in [1.82, 2.24) is 0 Å². The number of hydrogen-bond donors (Lipinski definition) is 4. The van der Waals surface area contributed by atoms with E-state index in [1.165, 1.54) is 0 Å². The average Bonchev–Trinajstić information content (AvgIpc) is 2.22. The van der Waals surface area contributed by atoms with Gasteiger partial charge in [-0.05, 0) is 5.92 Å². The molecule has 1 aliphatic heterocycles. The predicted octanol–water partition coefficient (Wildman–Crippen LogP) is -1.12. The minimum atomic E-state index is -1.13. The van der Waals surface area contributed by atoms with Gasteiger partial charge >= 0.3 is 0 Å². The first-order chi connectivity index (χ1) is 6.95. The third-order valence-electron chi connectivity index (χ3n) is 2.93. The van der Waals surface area contributed by atoms with Gasteiger partial charge in [0.05, 0.1) is 25.4 Å². The van der Waals surface area contributed by atoms with Crippen LogP contribution in [0.2, 0.25) is 0 Å². The Balaban J connectivity index is 2.82. The van der Waals surface area contributed by atoms with Gasteiger partial charge in [-0.2, -0.15) is 0 Å². The number of aliphatic hydroxyl groups excluding tert-OH is 4. The number of aliphatic hydroxyl groups is 4. The molecule has 0 saturated carbocycles. The van der Waals surface area contributed by atoms with Crippen LogP contribution in [0.5, 0.6) is 0 Å². The molecule has 0 aliphatic carbocycles. The molecule has 0 radical (unpaired) electrons. The van der Waals surface area contributed by atoms with Crippen LogP contribution in [0.15, 0.2) is 0 Å². The first kappa shape index (κ1) is 12.9. The van der Waals surface area contributed by atoms with E-state index in [0.717, 1.165) is 0 Å². The Hall–Kier alpha value is -0.200. The van der Waals surface area contributed by atoms with Crippen LogP contribution in [-0.2, 0) is 4.74 Å². The fourth-order valence-electron chi connectivity index (χ4n) is 1.91. The van der Waals surface area contributed by atoms with Crippen molar-refractivity contribution in [3.63, 3.8) is 0 Å². The van der Waals surface area contributed by atoms with Crippen molar-refractivity contribution in [1.29, 1.82) is 0 Å². The highest BCUT2D eigenvalue weighted by Gasteiger charge is 2.46. The summed E-state index contributed by atoms with van der Waals surface area (Å²) in [7, 11) is 0. The van der Waals surface area contributed by atoms with E-state index in [1.807, 2.05) is 13.8 Å². The van der Waals surface area contributed by atoms with Crippen molar-refractivity contribution in [3.05, 3.63) is 0 Å². The predicted molar refractivity (Wildman–Crippen MR) is 53.2 cm³/mol. The minimum Gasteiger partial charge on any atom is -0.393 e. The highest BCUT2D eigenvalue weighted by molar-refractivity contribution is 4.95. The van der Waals surface area contributed by atoms with E-state index in [-0.39, 0.29) is 25.6 Å². The lowest BCUT2D eigenvalue weighted by Gasteiger charge is -2.45. The highest BCUT2D eigenvalue weighted by Crippen LogP contribution is 2.32. The van der Waals surface area contributed by atoms with Crippen molar-refractivity contribution < 1.29 is 25.2 Å². The molecule has 0 aromatic heterocycles. The SMILES string of the molecule is CC(C)[C@@H]1OC(CO)(CO)C[C@H](O)C1O. The molecular weight excluding hydrogens is 200 g/mol. The summed E-state index contributed by atoms with van der Waals surface area (Å²) < 4.78 is 5.51. The molecule has 90 valence electrons. The van der Waals surface area contributed by atoms with Crippen LogP contribution in [0.3, 0.4) is 0 Å². The van der Waals surface area contributed by atoms with Gasteiger partial charge in [0.15, 0.2) is 0 Å². The summed E-state index contributed by atoms with van der Waals surface area (Å²) >= 11 is 0. The Bertz CT molecular complexity index is 202. The molecule has 1 fully saturated rings. The largest absolute Gasteiger partial charge is 0.393 e. The van der Waals surface area contributed by atoms with Gasteiger partial charge < -0.3 is 25.2 Å². The van der Waals surface area contributed by atoms with Crippen LogP contribution in [0.25, 0.3) is 0 Å². The second kappa shape index (κ2) is 4.76. The van der Waals surface area contributed by atoms with Gasteiger partial charge in [0.2, 0.25) is 0 Å². The number of rotatable bonds is 3. The molecule has 4 N–H and O–H groups in total. The molecule has 1 unspecified atom stereocenters. The van der Waals surface area contributed by atoms with Gasteiger partial charge in [-0.3, -0.25) is 0 Å². The van der Waals surface area contributed by atoms with E-state index >= 15 is 0 Å². The van der Waals surface area contributed by atoms with E-state index in [2.05, 4.69) is 0 Å². The van der Waals surface area contributed by atoms with E-state index in [1.54, 1.807) is 0 Å². The maximum absolute atomic E-state index is 9.69. The smallest absolute Gasteiger partial charge is 0.117 e. The molecular formula is C10H20O5. The minimum absolute atomic E-state index is 0.00687. The van der Waals surface area contributed by atoms with Crippen molar-refractivity contribution in [2.45, 2.75) is 44.2 Å². The van der Waals surface area contributed by atoms with Gasteiger partial charge in [-0.15, -0.1) is 0 Å². The molecule has 15 heavy (non-hydrogen) atoms. The van der Waals surface area contributed by atoms with Gasteiger partial charge in [0.1, 0.15) is 11.7 Å². The standard InChI is InChI=1S/C10H20O5/c1-6(2)9-8(14)7(13)3-10(4-11,5-12)15-9/h6-9,11-14H,3-5H2,1-2H3/t7-,8?,9-/m0/s1. The second-order valence-electron chi connectivity index (χ2n) is 4.59. The van der Waals surface area contributed by atoms with Crippen molar-refractivity contribution in [2.75, 3.05) is 13.2 Å². The van der Waals surface area contributed by atoms with Crippen molar-refractivity contribution >= 4 is 0 Å². The van der Waals surface area contributed by atoms with Gasteiger partial charge in [0, 0.05) is 6.42 Å². The zero-order chi connectivity index (χ0) is 11.6. The third-order valence-corrected chi connectivity index (χ3v) is 2.93. The Labute approximate surface area is 89.3 Å². The van der Waals surface area contributed by atoms with Crippen molar-refractivity contribution in [3.8, 4) is 0 Å². The highest BCUT2D eigenvalue weighted by atomic mass is 16.5. The Morgan fingerprint density at radius 1 is 1.27 bits per heavy atom. The fraction of sp³-hybridized carbons (Fsp3) is 1.00. The summed E-state index contributed by atoms with van der Waals surface area (Å²) in [5.41, 5.74) is -1.13. The average molecular weight is 220 g/mol. The molecule has 0 spiro atoms. The molecule has 0 aromatic rings.